The van der Waals surface area contributed by atoms with Gasteiger partial charge in [0.05, 0.1) is 0 Å². The molecule has 0 saturated carbocycles. The van der Waals surface area contributed by atoms with E-state index >= 15 is 0 Å². The summed E-state index contributed by atoms with van der Waals surface area (Å²) in [6.45, 7) is 6.09. The predicted molar refractivity (Wildman–Crippen MR) is 104 cm³/mol. The molecule has 1 amide bonds. The summed E-state index contributed by atoms with van der Waals surface area (Å²) in [5.41, 5.74) is 2.40. The highest BCUT2D eigenvalue weighted by molar-refractivity contribution is 6.30. The molecule has 26 heavy (non-hydrogen) atoms. The van der Waals surface area contributed by atoms with Crippen molar-refractivity contribution < 1.29 is 4.79 Å². The lowest BCUT2D eigenvalue weighted by molar-refractivity contribution is -0.146. The molecule has 1 atom stereocenters. The Hall–Kier alpha value is -1.88. The number of hydrogen-bond donors (Lipinski definition) is 0. The van der Waals surface area contributed by atoms with Gasteiger partial charge in [-0.1, -0.05) is 54.1 Å². The number of carbonyl (C=O) groups excluding carboxylic acids is 1. The lowest BCUT2D eigenvalue weighted by Crippen LogP contribution is -2.64. The molecule has 136 valence electrons. The van der Waals surface area contributed by atoms with Crippen LogP contribution in [-0.2, 0) is 17.9 Å². The van der Waals surface area contributed by atoms with Crippen LogP contribution in [0.5, 0.6) is 0 Å². The molecule has 1 unspecified atom stereocenters. The van der Waals surface area contributed by atoms with Gasteiger partial charge in [0.1, 0.15) is 6.04 Å². The van der Waals surface area contributed by atoms with E-state index in [1.165, 1.54) is 5.56 Å². The van der Waals surface area contributed by atoms with E-state index in [0.717, 1.165) is 49.9 Å². The summed E-state index contributed by atoms with van der Waals surface area (Å²) < 4.78 is 0. The third kappa shape index (κ3) is 3.93. The van der Waals surface area contributed by atoms with Gasteiger partial charge in [0.25, 0.3) is 0 Å². The molecule has 0 N–H and O–H groups in total. The Morgan fingerprint density at radius 1 is 0.885 bits per heavy atom. The van der Waals surface area contributed by atoms with Gasteiger partial charge >= 0.3 is 0 Å². The first-order valence-electron chi connectivity index (χ1n) is 9.22. The molecule has 0 aromatic heterocycles. The molecule has 0 aliphatic carbocycles. The maximum atomic E-state index is 13.1. The number of rotatable bonds is 4. The second kappa shape index (κ2) is 7.78. The minimum Gasteiger partial charge on any atom is -0.336 e. The van der Waals surface area contributed by atoms with Crippen LogP contribution in [0.2, 0.25) is 5.02 Å². The lowest BCUT2D eigenvalue weighted by Gasteiger charge is -2.46. The van der Waals surface area contributed by atoms with E-state index in [4.69, 9.17) is 11.6 Å². The van der Waals surface area contributed by atoms with E-state index in [9.17, 15) is 4.79 Å². The second-order valence-electron chi connectivity index (χ2n) is 7.16. The summed E-state index contributed by atoms with van der Waals surface area (Å²) in [4.78, 5) is 19.8. The van der Waals surface area contributed by atoms with Gasteiger partial charge in [0, 0.05) is 50.8 Å². The van der Waals surface area contributed by atoms with Gasteiger partial charge in [-0.25, -0.2) is 0 Å². The number of piperazine rings is 2. The first-order chi connectivity index (χ1) is 12.7. The summed E-state index contributed by atoms with van der Waals surface area (Å²) in [5, 5.41) is 0.722. The van der Waals surface area contributed by atoms with Crippen LogP contribution in [0.3, 0.4) is 0 Å². The first kappa shape index (κ1) is 17.5. The highest BCUT2D eigenvalue weighted by atomic mass is 35.5. The number of hydrogen-bond acceptors (Lipinski definition) is 3. The molecule has 0 bridgehead atoms. The normalized spacial score (nSPS) is 21.7. The number of carbonyl (C=O) groups is 1. The van der Waals surface area contributed by atoms with Crippen molar-refractivity contribution in [2.45, 2.75) is 19.1 Å². The van der Waals surface area contributed by atoms with Crippen molar-refractivity contribution in [3.05, 3.63) is 70.7 Å². The number of benzene rings is 2. The maximum absolute atomic E-state index is 13.1. The Labute approximate surface area is 160 Å². The van der Waals surface area contributed by atoms with E-state index in [1.54, 1.807) is 0 Å². The smallest absolute Gasteiger partial charge is 0.241 e. The average molecular weight is 370 g/mol. The minimum atomic E-state index is -0.0274. The van der Waals surface area contributed by atoms with Crippen molar-refractivity contribution in [3.63, 3.8) is 0 Å². The lowest BCUT2D eigenvalue weighted by atomic mass is 10.1. The largest absolute Gasteiger partial charge is 0.336 e. The Morgan fingerprint density at radius 2 is 1.65 bits per heavy atom. The molecule has 2 saturated heterocycles. The zero-order valence-electron chi connectivity index (χ0n) is 14.9. The third-order valence-electron chi connectivity index (χ3n) is 5.34. The fourth-order valence-corrected chi connectivity index (χ4v) is 4.16. The Morgan fingerprint density at radius 3 is 2.46 bits per heavy atom. The monoisotopic (exact) mass is 369 g/mol. The zero-order chi connectivity index (χ0) is 17.9. The summed E-state index contributed by atoms with van der Waals surface area (Å²) >= 11 is 6.09. The average Bonchev–Trinajstić information content (AvgIpc) is 2.65. The van der Waals surface area contributed by atoms with Gasteiger partial charge in [0.15, 0.2) is 0 Å². The molecule has 5 heteroatoms. The van der Waals surface area contributed by atoms with Crippen molar-refractivity contribution in [2.75, 3.05) is 32.7 Å². The summed E-state index contributed by atoms with van der Waals surface area (Å²) in [6, 6.07) is 18.3. The van der Waals surface area contributed by atoms with Crippen LogP contribution in [0.4, 0.5) is 0 Å². The van der Waals surface area contributed by atoms with Gasteiger partial charge in [-0.2, -0.15) is 0 Å². The number of amides is 1. The van der Waals surface area contributed by atoms with Crippen LogP contribution in [0.25, 0.3) is 0 Å². The Kier molecular flexibility index (Phi) is 5.25. The van der Waals surface area contributed by atoms with E-state index in [2.05, 4.69) is 34.1 Å². The topological polar surface area (TPSA) is 26.8 Å². The summed E-state index contributed by atoms with van der Waals surface area (Å²) in [7, 11) is 0. The van der Waals surface area contributed by atoms with E-state index in [-0.39, 0.29) is 11.9 Å². The number of nitrogens with zero attached hydrogens (tertiary/aromatic N) is 3. The molecule has 4 rings (SSSR count). The Bertz CT molecular complexity index is 767. The van der Waals surface area contributed by atoms with Crippen LogP contribution in [0.15, 0.2) is 54.6 Å². The summed E-state index contributed by atoms with van der Waals surface area (Å²) in [5.74, 6) is 0.244. The van der Waals surface area contributed by atoms with Gasteiger partial charge in [-0.05, 0) is 23.3 Å². The van der Waals surface area contributed by atoms with Crippen molar-refractivity contribution in [2.24, 2.45) is 0 Å². The first-order valence-corrected chi connectivity index (χ1v) is 9.60. The van der Waals surface area contributed by atoms with Gasteiger partial charge < -0.3 is 4.90 Å². The van der Waals surface area contributed by atoms with Gasteiger partial charge in [-0.3, -0.25) is 14.6 Å². The zero-order valence-corrected chi connectivity index (χ0v) is 15.6. The molecular weight excluding hydrogens is 346 g/mol. The summed E-state index contributed by atoms with van der Waals surface area (Å²) in [6.07, 6.45) is 0. The van der Waals surface area contributed by atoms with Crippen LogP contribution in [0, 0.1) is 0 Å². The van der Waals surface area contributed by atoms with Crippen LogP contribution in [-0.4, -0.2) is 59.4 Å². The molecule has 2 aromatic carbocycles. The molecule has 4 nitrogen and oxygen atoms in total. The highest BCUT2D eigenvalue weighted by Crippen LogP contribution is 2.21. The number of fused-ring (bicyclic) bond motifs is 1. The molecule has 2 aliphatic heterocycles. The van der Waals surface area contributed by atoms with E-state index in [0.29, 0.717) is 6.54 Å². The van der Waals surface area contributed by atoms with Crippen molar-refractivity contribution >= 4 is 17.5 Å². The second-order valence-corrected chi connectivity index (χ2v) is 7.60. The SMILES string of the molecule is O=C1C2CN(Cc3ccccc3)CCN2CCN1Cc1cccc(Cl)c1. The van der Waals surface area contributed by atoms with Gasteiger partial charge in [-0.15, -0.1) is 0 Å². The fraction of sp³-hybridized carbons (Fsp3) is 0.381. The third-order valence-corrected chi connectivity index (χ3v) is 5.58. The van der Waals surface area contributed by atoms with Crippen LogP contribution in [0.1, 0.15) is 11.1 Å². The quantitative estimate of drug-likeness (QED) is 0.829. The Balaban J connectivity index is 1.42. The van der Waals surface area contributed by atoms with Gasteiger partial charge in [0.2, 0.25) is 5.91 Å². The molecular formula is C21H24ClN3O. The van der Waals surface area contributed by atoms with E-state index in [1.807, 2.05) is 35.2 Å². The standard InChI is InChI=1S/C21H24ClN3O/c22-19-8-4-7-18(13-19)15-25-12-11-24-10-9-23(16-20(24)21(25)26)14-17-5-2-1-3-6-17/h1-8,13,20H,9-12,14-16H2. The molecule has 0 radical (unpaired) electrons. The molecule has 0 spiro atoms. The van der Waals surface area contributed by atoms with E-state index < -0.39 is 0 Å². The van der Waals surface area contributed by atoms with Crippen LogP contribution >= 0.6 is 11.6 Å². The number of halogens is 1. The molecule has 2 heterocycles. The molecule has 2 fully saturated rings. The minimum absolute atomic E-state index is 0.0274. The fourth-order valence-electron chi connectivity index (χ4n) is 3.95. The van der Waals surface area contributed by atoms with Crippen molar-refractivity contribution in [1.82, 2.24) is 14.7 Å². The highest BCUT2D eigenvalue weighted by Gasteiger charge is 2.38. The van der Waals surface area contributed by atoms with Crippen molar-refractivity contribution in [3.8, 4) is 0 Å². The van der Waals surface area contributed by atoms with Crippen molar-refractivity contribution in [1.29, 1.82) is 0 Å². The molecule has 2 aliphatic rings. The predicted octanol–water partition coefficient (Wildman–Crippen LogP) is 2.87. The molecule has 2 aromatic rings. The van der Waals surface area contributed by atoms with Crippen LogP contribution < -0.4 is 0 Å². The maximum Gasteiger partial charge on any atom is 0.241 e.